The summed E-state index contributed by atoms with van der Waals surface area (Å²) < 4.78 is 21.7. The van der Waals surface area contributed by atoms with Gasteiger partial charge in [-0.25, -0.2) is 0 Å². The lowest BCUT2D eigenvalue weighted by Gasteiger charge is -2.28. The summed E-state index contributed by atoms with van der Waals surface area (Å²) in [5, 5.41) is 3.63. The number of nitrogens with one attached hydrogen (secondary N) is 1. The zero-order valence-corrected chi connectivity index (χ0v) is 15.9. The highest BCUT2D eigenvalue weighted by atomic mass is 16.5. The van der Waals surface area contributed by atoms with E-state index in [1.807, 2.05) is 6.07 Å². The first-order valence-corrected chi connectivity index (χ1v) is 8.89. The Kier molecular flexibility index (Phi) is 5.89. The molecule has 0 aliphatic carbocycles. The van der Waals surface area contributed by atoms with Gasteiger partial charge in [-0.1, -0.05) is 6.07 Å². The van der Waals surface area contributed by atoms with E-state index < -0.39 is 0 Å². The van der Waals surface area contributed by atoms with Crippen LogP contribution >= 0.6 is 0 Å². The monoisotopic (exact) mass is 357 g/mol. The zero-order chi connectivity index (χ0) is 18.5. The van der Waals surface area contributed by atoms with Gasteiger partial charge in [-0.3, -0.25) is 0 Å². The molecule has 0 fully saturated rings. The fourth-order valence-corrected chi connectivity index (χ4v) is 3.57. The first-order chi connectivity index (χ1) is 12.7. The van der Waals surface area contributed by atoms with E-state index in [4.69, 9.17) is 18.9 Å². The molecule has 2 aromatic rings. The molecule has 26 heavy (non-hydrogen) atoms. The van der Waals surface area contributed by atoms with Crippen molar-refractivity contribution in [3.05, 3.63) is 47.0 Å². The molecule has 0 saturated heterocycles. The molecule has 1 heterocycles. The van der Waals surface area contributed by atoms with Gasteiger partial charge in [-0.2, -0.15) is 0 Å². The SMILES string of the molecule is COc1ccc(CC[C@H]2NCCc3cc(OC)c(OC)cc32)cc1OC. The summed E-state index contributed by atoms with van der Waals surface area (Å²) in [4.78, 5) is 0. The highest BCUT2D eigenvalue weighted by Crippen LogP contribution is 2.37. The molecule has 0 radical (unpaired) electrons. The number of methoxy groups -OCH3 is 4. The molecule has 0 aromatic heterocycles. The third kappa shape index (κ3) is 3.73. The molecule has 0 bridgehead atoms. The first-order valence-electron chi connectivity index (χ1n) is 8.89. The van der Waals surface area contributed by atoms with Gasteiger partial charge in [0, 0.05) is 6.04 Å². The number of hydrogen-bond acceptors (Lipinski definition) is 5. The fraction of sp³-hybridized carbons (Fsp3) is 0.429. The van der Waals surface area contributed by atoms with E-state index in [0.29, 0.717) is 6.04 Å². The second kappa shape index (κ2) is 8.32. The van der Waals surface area contributed by atoms with Gasteiger partial charge in [-0.05, 0) is 66.8 Å². The van der Waals surface area contributed by atoms with Crippen LogP contribution < -0.4 is 24.3 Å². The van der Waals surface area contributed by atoms with Crippen LogP contribution in [-0.2, 0) is 12.8 Å². The smallest absolute Gasteiger partial charge is 0.161 e. The van der Waals surface area contributed by atoms with Crippen molar-refractivity contribution in [2.24, 2.45) is 0 Å². The molecule has 1 aliphatic heterocycles. The predicted octanol–water partition coefficient (Wildman–Crippen LogP) is 3.54. The normalized spacial score (nSPS) is 15.9. The van der Waals surface area contributed by atoms with Crippen molar-refractivity contribution in [2.45, 2.75) is 25.3 Å². The van der Waals surface area contributed by atoms with Crippen molar-refractivity contribution >= 4 is 0 Å². The van der Waals surface area contributed by atoms with E-state index in [1.165, 1.54) is 16.7 Å². The maximum Gasteiger partial charge on any atom is 0.161 e. The Bertz CT molecular complexity index is 760. The highest BCUT2D eigenvalue weighted by Gasteiger charge is 2.22. The Morgan fingerprint density at radius 3 is 2.19 bits per heavy atom. The molecule has 3 rings (SSSR count). The number of benzene rings is 2. The molecule has 5 nitrogen and oxygen atoms in total. The summed E-state index contributed by atoms with van der Waals surface area (Å²) in [5.41, 5.74) is 3.87. The summed E-state index contributed by atoms with van der Waals surface area (Å²) in [6.07, 6.45) is 2.95. The van der Waals surface area contributed by atoms with Crippen molar-refractivity contribution in [3.63, 3.8) is 0 Å². The summed E-state index contributed by atoms with van der Waals surface area (Å²) >= 11 is 0. The van der Waals surface area contributed by atoms with E-state index >= 15 is 0 Å². The largest absolute Gasteiger partial charge is 0.493 e. The Morgan fingerprint density at radius 2 is 1.50 bits per heavy atom. The lowest BCUT2D eigenvalue weighted by molar-refractivity contribution is 0.351. The number of rotatable bonds is 7. The molecule has 0 amide bonds. The van der Waals surface area contributed by atoms with Gasteiger partial charge in [-0.15, -0.1) is 0 Å². The second-order valence-corrected chi connectivity index (χ2v) is 6.39. The number of fused-ring (bicyclic) bond motifs is 1. The lowest BCUT2D eigenvalue weighted by atomic mass is 9.90. The Hall–Kier alpha value is -2.40. The number of ether oxygens (including phenoxy) is 4. The van der Waals surface area contributed by atoms with Crippen LogP contribution in [0.25, 0.3) is 0 Å². The average Bonchev–Trinajstić information content (AvgIpc) is 2.70. The van der Waals surface area contributed by atoms with Gasteiger partial charge < -0.3 is 24.3 Å². The van der Waals surface area contributed by atoms with E-state index in [2.05, 4.69) is 29.6 Å². The maximum atomic E-state index is 5.49. The molecule has 0 saturated carbocycles. The molecule has 1 atom stereocenters. The number of aryl methyl sites for hydroxylation is 1. The number of hydrogen-bond donors (Lipinski definition) is 1. The molecule has 1 N–H and O–H groups in total. The van der Waals surface area contributed by atoms with Gasteiger partial charge in [0.15, 0.2) is 23.0 Å². The van der Waals surface area contributed by atoms with Crippen molar-refractivity contribution < 1.29 is 18.9 Å². The molecular formula is C21H27NO4. The van der Waals surface area contributed by atoms with Crippen molar-refractivity contribution in [1.82, 2.24) is 5.32 Å². The minimum atomic E-state index is 0.298. The molecular weight excluding hydrogens is 330 g/mol. The van der Waals surface area contributed by atoms with E-state index in [-0.39, 0.29) is 0 Å². The van der Waals surface area contributed by atoms with E-state index in [1.54, 1.807) is 28.4 Å². The van der Waals surface area contributed by atoms with Crippen LogP contribution in [-0.4, -0.2) is 35.0 Å². The standard InChI is InChI=1S/C21H27NO4/c1-23-18-8-6-14(11-19(18)24-2)5-7-17-16-13-21(26-4)20(25-3)12-15(16)9-10-22-17/h6,8,11-13,17,22H,5,7,9-10H2,1-4H3/t17-/m1/s1. The molecule has 0 spiro atoms. The molecule has 140 valence electrons. The quantitative estimate of drug-likeness (QED) is 0.821. The first kappa shape index (κ1) is 18.4. The van der Waals surface area contributed by atoms with Crippen LogP contribution in [0.5, 0.6) is 23.0 Å². The van der Waals surface area contributed by atoms with E-state index in [0.717, 1.165) is 48.8 Å². The Labute approximate surface area is 155 Å². The van der Waals surface area contributed by atoms with Gasteiger partial charge >= 0.3 is 0 Å². The van der Waals surface area contributed by atoms with Crippen LogP contribution in [0, 0.1) is 0 Å². The van der Waals surface area contributed by atoms with Crippen molar-refractivity contribution in [1.29, 1.82) is 0 Å². The Morgan fingerprint density at radius 1 is 0.846 bits per heavy atom. The second-order valence-electron chi connectivity index (χ2n) is 6.39. The molecule has 5 heteroatoms. The Balaban J connectivity index is 1.78. The fourth-order valence-electron chi connectivity index (χ4n) is 3.57. The predicted molar refractivity (Wildman–Crippen MR) is 102 cm³/mol. The minimum Gasteiger partial charge on any atom is -0.493 e. The highest BCUT2D eigenvalue weighted by molar-refractivity contribution is 5.49. The molecule has 1 aliphatic rings. The topological polar surface area (TPSA) is 49.0 Å². The van der Waals surface area contributed by atoms with Crippen LogP contribution in [0.3, 0.4) is 0 Å². The maximum absolute atomic E-state index is 5.49. The summed E-state index contributed by atoms with van der Waals surface area (Å²) in [5.74, 6) is 3.11. The third-order valence-electron chi connectivity index (χ3n) is 4.98. The van der Waals surface area contributed by atoms with Crippen LogP contribution in [0.4, 0.5) is 0 Å². The lowest BCUT2D eigenvalue weighted by Crippen LogP contribution is -2.30. The van der Waals surface area contributed by atoms with Gasteiger partial charge in [0.05, 0.1) is 28.4 Å². The van der Waals surface area contributed by atoms with Crippen molar-refractivity contribution in [3.8, 4) is 23.0 Å². The minimum absolute atomic E-state index is 0.298. The van der Waals surface area contributed by atoms with Crippen LogP contribution in [0.2, 0.25) is 0 Å². The van der Waals surface area contributed by atoms with Crippen LogP contribution in [0.1, 0.15) is 29.2 Å². The summed E-state index contributed by atoms with van der Waals surface area (Å²) in [7, 11) is 6.68. The summed E-state index contributed by atoms with van der Waals surface area (Å²) in [6.45, 7) is 0.971. The molecule has 0 unspecified atom stereocenters. The average molecular weight is 357 g/mol. The third-order valence-corrected chi connectivity index (χ3v) is 4.98. The van der Waals surface area contributed by atoms with Gasteiger partial charge in [0.1, 0.15) is 0 Å². The van der Waals surface area contributed by atoms with E-state index in [9.17, 15) is 0 Å². The summed E-state index contributed by atoms with van der Waals surface area (Å²) in [6, 6.07) is 10.6. The van der Waals surface area contributed by atoms with Gasteiger partial charge in [0.2, 0.25) is 0 Å². The van der Waals surface area contributed by atoms with Crippen molar-refractivity contribution in [2.75, 3.05) is 35.0 Å². The molecule has 2 aromatic carbocycles. The van der Waals surface area contributed by atoms with Gasteiger partial charge in [0.25, 0.3) is 0 Å². The van der Waals surface area contributed by atoms with Crippen LogP contribution in [0.15, 0.2) is 30.3 Å². The zero-order valence-electron chi connectivity index (χ0n) is 15.9.